The van der Waals surface area contributed by atoms with E-state index in [1.165, 1.54) is 57.3 Å². The lowest BCUT2D eigenvalue weighted by Crippen LogP contribution is -2.49. The first kappa shape index (κ1) is 25.4. The molecule has 4 atom stereocenters. The molecule has 0 aromatic heterocycles. The fraction of sp³-hybridized carbons (Fsp3) is 0.294. The van der Waals surface area contributed by atoms with Crippen LogP contribution in [-0.2, 0) is 10.3 Å². The van der Waals surface area contributed by atoms with E-state index in [0.717, 1.165) is 0 Å². The van der Waals surface area contributed by atoms with Gasteiger partial charge >= 0.3 is 0 Å². The quantitative estimate of drug-likeness (QED) is 0.228. The Kier molecular flexibility index (Phi) is 6.98. The van der Waals surface area contributed by atoms with E-state index < -0.39 is 0 Å². The van der Waals surface area contributed by atoms with Crippen molar-refractivity contribution in [3.63, 3.8) is 0 Å². The number of hydrogen-bond acceptors (Lipinski definition) is 0. The molecular formula is C34H38P2. The maximum Gasteiger partial charge on any atom is 0.0375 e. The van der Waals surface area contributed by atoms with Crippen LogP contribution in [0.3, 0.4) is 0 Å². The number of hydrogen-bond donors (Lipinski definition) is 0. The molecule has 1 aliphatic rings. The Morgan fingerprint density at radius 2 is 0.611 bits per heavy atom. The van der Waals surface area contributed by atoms with Gasteiger partial charge in [0.05, 0.1) is 0 Å². The molecule has 1 saturated carbocycles. The molecular weight excluding hydrogens is 470 g/mol. The number of benzene rings is 4. The zero-order chi connectivity index (χ0) is 25.5. The van der Waals surface area contributed by atoms with E-state index >= 15 is 0 Å². The van der Waals surface area contributed by atoms with Crippen LogP contribution in [0.4, 0.5) is 0 Å². The summed E-state index contributed by atoms with van der Waals surface area (Å²) in [6.45, 7) is 8.70. The highest BCUT2D eigenvalue weighted by Gasteiger charge is 2.54. The van der Waals surface area contributed by atoms with Crippen LogP contribution in [-0.4, -0.2) is 0 Å². The van der Waals surface area contributed by atoms with Gasteiger partial charge in [0.1, 0.15) is 0 Å². The average Bonchev–Trinajstić information content (AvgIpc) is 2.84. The molecule has 1 fully saturated rings. The molecule has 4 aromatic carbocycles. The summed E-state index contributed by atoms with van der Waals surface area (Å²) in [7, 11) is 6.70. The summed E-state index contributed by atoms with van der Waals surface area (Å²) in [5.41, 5.74) is 10.8. The van der Waals surface area contributed by atoms with Crippen LogP contribution in [0.5, 0.6) is 0 Å². The number of aryl methyl sites for hydroxylation is 4. The zero-order valence-electron chi connectivity index (χ0n) is 22.0. The van der Waals surface area contributed by atoms with E-state index in [9.17, 15) is 0 Å². The Morgan fingerprint density at radius 3 is 0.778 bits per heavy atom. The minimum atomic E-state index is -0.151. The van der Waals surface area contributed by atoms with Crippen LogP contribution in [0.2, 0.25) is 0 Å². The van der Waals surface area contributed by atoms with Gasteiger partial charge in [-0.3, -0.25) is 0 Å². The third-order valence-corrected chi connectivity index (χ3v) is 10.8. The summed E-state index contributed by atoms with van der Waals surface area (Å²) >= 11 is 0. The first-order chi connectivity index (χ1) is 17.2. The SMILES string of the molecule is Cc1ccc(C(P)(c2ccc(C)cc2)C2CCC2C(P)(c2ccc(C)cc2)c2ccc(C)cc2)cc1. The molecule has 0 aliphatic heterocycles. The van der Waals surface area contributed by atoms with E-state index in [2.05, 4.69) is 143 Å². The van der Waals surface area contributed by atoms with E-state index in [4.69, 9.17) is 0 Å². The van der Waals surface area contributed by atoms with Gasteiger partial charge in [0, 0.05) is 10.3 Å². The maximum atomic E-state index is 3.35. The van der Waals surface area contributed by atoms with E-state index in [1.807, 2.05) is 0 Å². The van der Waals surface area contributed by atoms with E-state index in [1.54, 1.807) is 0 Å². The van der Waals surface area contributed by atoms with Crippen molar-refractivity contribution < 1.29 is 0 Å². The molecule has 0 saturated heterocycles. The first-order valence-electron chi connectivity index (χ1n) is 13.1. The third-order valence-electron chi connectivity index (χ3n) is 8.56. The highest BCUT2D eigenvalue weighted by molar-refractivity contribution is 7.19. The van der Waals surface area contributed by atoms with E-state index in [0.29, 0.717) is 11.8 Å². The predicted molar refractivity (Wildman–Crippen MR) is 162 cm³/mol. The molecule has 0 nitrogen and oxygen atoms in total. The van der Waals surface area contributed by atoms with Crippen molar-refractivity contribution >= 4 is 18.5 Å². The molecule has 184 valence electrons. The molecule has 5 rings (SSSR count). The largest absolute Gasteiger partial charge is 0.121 e. The molecule has 0 spiro atoms. The minimum absolute atomic E-state index is 0.151. The van der Waals surface area contributed by atoms with Crippen molar-refractivity contribution in [1.82, 2.24) is 0 Å². The Hall–Kier alpha value is -2.26. The standard InChI is InChI=1S/C34H38P2/c1-23-5-13-27(14-6-23)33(35,28-15-7-24(2)8-16-28)31-21-22-32(31)34(36,29-17-9-25(3)10-18-29)30-19-11-26(4)12-20-30/h5-20,31-32H,21-22,35-36H2,1-4H3. The summed E-state index contributed by atoms with van der Waals surface area (Å²) in [6, 6.07) is 36.9. The van der Waals surface area contributed by atoms with Gasteiger partial charge < -0.3 is 0 Å². The Bertz CT molecular complexity index is 1120. The first-order valence-corrected chi connectivity index (χ1v) is 14.2. The van der Waals surface area contributed by atoms with Crippen LogP contribution in [0.1, 0.15) is 57.3 Å². The second-order valence-electron chi connectivity index (χ2n) is 11.0. The molecule has 0 heterocycles. The highest BCUT2D eigenvalue weighted by atomic mass is 31.0. The van der Waals surface area contributed by atoms with Crippen LogP contribution in [0.15, 0.2) is 97.1 Å². The fourth-order valence-electron chi connectivity index (χ4n) is 6.10. The van der Waals surface area contributed by atoms with Gasteiger partial charge in [0.25, 0.3) is 0 Å². The minimum Gasteiger partial charge on any atom is -0.121 e. The second kappa shape index (κ2) is 9.89. The lowest BCUT2D eigenvalue weighted by atomic mass is 9.56. The zero-order valence-corrected chi connectivity index (χ0v) is 24.3. The molecule has 0 bridgehead atoms. The fourth-order valence-corrected chi connectivity index (χ4v) is 7.66. The molecule has 4 unspecified atom stereocenters. The van der Waals surface area contributed by atoms with Gasteiger partial charge in [0.15, 0.2) is 0 Å². The van der Waals surface area contributed by atoms with Crippen molar-refractivity contribution in [1.29, 1.82) is 0 Å². The van der Waals surface area contributed by atoms with Crippen LogP contribution in [0, 0.1) is 39.5 Å². The summed E-state index contributed by atoms with van der Waals surface area (Å²) in [5.74, 6) is 0.959. The topological polar surface area (TPSA) is 0 Å². The van der Waals surface area contributed by atoms with Gasteiger partial charge in [-0.25, -0.2) is 0 Å². The van der Waals surface area contributed by atoms with Crippen molar-refractivity contribution in [3.05, 3.63) is 142 Å². The maximum absolute atomic E-state index is 3.35. The molecule has 0 amide bonds. The van der Waals surface area contributed by atoms with Crippen LogP contribution < -0.4 is 0 Å². The molecule has 0 radical (unpaired) electrons. The van der Waals surface area contributed by atoms with Gasteiger partial charge in [-0.1, -0.05) is 119 Å². The van der Waals surface area contributed by atoms with Crippen LogP contribution >= 0.6 is 18.5 Å². The lowest BCUT2D eigenvalue weighted by Gasteiger charge is -2.56. The van der Waals surface area contributed by atoms with Gasteiger partial charge in [0.2, 0.25) is 0 Å². The Morgan fingerprint density at radius 1 is 0.417 bits per heavy atom. The van der Waals surface area contributed by atoms with Gasteiger partial charge in [-0.15, -0.1) is 18.5 Å². The van der Waals surface area contributed by atoms with Crippen molar-refractivity contribution in [3.8, 4) is 0 Å². The van der Waals surface area contributed by atoms with Crippen molar-refractivity contribution in [2.45, 2.75) is 50.8 Å². The molecule has 1 aliphatic carbocycles. The summed E-state index contributed by atoms with van der Waals surface area (Å²) in [4.78, 5) is 0. The van der Waals surface area contributed by atoms with Gasteiger partial charge in [-0.05, 0) is 74.6 Å². The summed E-state index contributed by atoms with van der Waals surface area (Å²) < 4.78 is 0. The van der Waals surface area contributed by atoms with E-state index in [-0.39, 0.29) is 10.3 Å². The van der Waals surface area contributed by atoms with Crippen LogP contribution in [0.25, 0.3) is 0 Å². The monoisotopic (exact) mass is 508 g/mol. The van der Waals surface area contributed by atoms with Gasteiger partial charge in [-0.2, -0.15) is 0 Å². The number of rotatable bonds is 6. The predicted octanol–water partition coefficient (Wildman–Crippen LogP) is 8.88. The molecule has 36 heavy (non-hydrogen) atoms. The Labute approximate surface area is 222 Å². The highest BCUT2D eigenvalue weighted by Crippen LogP contribution is 2.63. The smallest absolute Gasteiger partial charge is 0.0375 e. The normalized spacial score (nSPS) is 18.1. The van der Waals surface area contributed by atoms with Crippen molar-refractivity contribution in [2.75, 3.05) is 0 Å². The second-order valence-corrected chi connectivity index (χ2v) is 12.8. The molecule has 0 N–H and O–H groups in total. The average molecular weight is 509 g/mol. The third kappa shape index (κ3) is 4.38. The van der Waals surface area contributed by atoms with Crippen molar-refractivity contribution in [2.24, 2.45) is 11.8 Å². The summed E-state index contributed by atoms with van der Waals surface area (Å²) in [5, 5.41) is -0.303. The lowest BCUT2D eigenvalue weighted by molar-refractivity contribution is 0.110. The summed E-state index contributed by atoms with van der Waals surface area (Å²) in [6.07, 6.45) is 2.42. The molecule has 4 aromatic rings. The Balaban J connectivity index is 1.67. The molecule has 2 heteroatoms.